The molecule has 1 aromatic rings. The monoisotopic (exact) mass is 290 g/mol. The Morgan fingerprint density at radius 3 is 2.57 bits per heavy atom. The Kier molecular flexibility index (Phi) is 3.91. The van der Waals surface area contributed by atoms with Crippen LogP contribution in [0.5, 0.6) is 5.75 Å². The zero-order valence-corrected chi connectivity index (χ0v) is 13.9. The maximum atomic E-state index is 11.8. The van der Waals surface area contributed by atoms with E-state index in [1.54, 1.807) is 0 Å². The zero-order chi connectivity index (χ0) is 15.8. The summed E-state index contributed by atoms with van der Waals surface area (Å²) in [6.45, 7) is 14.0. The molecule has 0 saturated carbocycles. The first-order valence-electron chi connectivity index (χ1n) is 7.52. The van der Waals surface area contributed by atoms with Crippen molar-refractivity contribution >= 4 is 11.7 Å². The van der Waals surface area contributed by atoms with E-state index in [4.69, 9.17) is 4.74 Å². The summed E-state index contributed by atoms with van der Waals surface area (Å²) in [5.41, 5.74) is 3.06. The van der Waals surface area contributed by atoms with Gasteiger partial charge in [-0.25, -0.2) is 4.79 Å². The number of benzene rings is 1. The second-order valence-electron chi connectivity index (χ2n) is 7.31. The van der Waals surface area contributed by atoms with E-state index in [0.717, 1.165) is 17.0 Å². The molecule has 0 aromatic heterocycles. The molecule has 4 heteroatoms. The number of carbonyl (C=O) groups is 1. The van der Waals surface area contributed by atoms with Crippen LogP contribution in [-0.4, -0.2) is 19.2 Å². The van der Waals surface area contributed by atoms with Crippen molar-refractivity contribution in [3.05, 3.63) is 23.3 Å². The van der Waals surface area contributed by atoms with Crippen molar-refractivity contribution in [1.82, 2.24) is 5.32 Å². The minimum atomic E-state index is -0.172. The number of hydrogen-bond donors (Lipinski definition) is 2. The average molecular weight is 290 g/mol. The molecule has 1 heterocycles. The van der Waals surface area contributed by atoms with Crippen molar-refractivity contribution in [3.8, 4) is 5.75 Å². The van der Waals surface area contributed by atoms with Gasteiger partial charge in [0.1, 0.15) is 5.75 Å². The minimum Gasteiger partial charge on any atom is -0.492 e. The molecule has 0 radical (unpaired) electrons. The Labute approximate surface area is 127 Å². The molecular weight excluding hydrogens is 264 g/mol. The van der Waals surface area contributed by atoms with E-state index >= 15 is 0 Å². The van der Waals surface area contributed by atoms with Crippen LogP contribution in [-0.2, 0) is 10.8 Å². The highest BCUT2D eigenvalue weighted by Gasteiger charge is 2.36. The van der Waals surface area contributed by atoms with Gasteiger partial charge in [0.2, 0.25) is 0 Å². The third-order valence-corrected chi connectivity index (χ3v) is 3.80. The van der Waals surface area contributed by atoms with Crippen LogP contribution in [0.25, 0.3) is 0 Å². The molecule has 1 aromatic carbocycles. The van der Waals surface area contributed by atoms with Gasteiger partial charge in [-0.15, -0.1) is 0 Å². The largest absolute Gasteiger partial charge is 0.492 e. The van der Waals surface area contributed by atoms with Gasteiger partial charge in [0.15, 0.2) is 0 Å². The Hall–Kier alpha value is -1.71. The molecule has 1 aliphatic heterocycles. The minimum absolute atomic E-state index is 0.0335. The van der Waals surface area contributed by atoms with Gasteiger partial charge in [-0.1, -0.05) is 34.6 Å². The fourth-order valence-electron chi connectivity index (χ4n) is 2.58. The fourth-order valence-corrected chi connectivity index (χ4v) is 2.58. The van der Waals surface area contributed by atoms with Crippen LogP contribution in [0.2, 0.25) is 0 Å². The second kappa shape index (κ2) is 5.24. The summed E-state index contributed by atoms with van der Waals surface area (Å²) in [6, 6.07) is 3.89. The lowest BCUT2D eigenvalue weighted by atomic mass is 9.80. The Morgan fingerprint density at radius 1 is 1.33 bits per heavy atom. The molecule has 0 fully saturated rings. The van der Waals surface area contributed by atoms with Crippen LogP contribution in [0.3, 0.4) is 0 Å². The normalized spacial score (nSPS) is 16.1. The molecule has 2 rings (SSSR count). The lowest BCUT2D eigenvalue weighted by Crippen LogP contribution is -2.28. The summed E-state index contributed by atoms with van der Waals surface area (Å²) >= 11 is 0. The van der Waals surface area contributed by atoms with Crippen LogP contribution in [0.1, 0.15) is 52.7 Å². The Balaban J connectivity index is 2.48. The molecule has 2 amide bonds. The van der Waals surface area contributed by atoms with Gasteiger partial charge in [-0.05, 0) is 24.5 Å². The number of fused-ring (bicyclic) bond motifs is 1. The summed E-state index contributed by atoms with van der Waals surface area (Å²) in [6.07, 6.45) is 0. The van der Waals surface area contributed by atoms with Gasteiger partial charge in [-0.2, -0.15) is 0 Å². The number of urea groups is 1. The van der Waals surface area contributed by atoms with E-state index in [-0.39, 0.29) is 16.9 Å². The highest BCUT2D eigenvalue weighted by Crippen LogP contribution is 2.46. The lowest BCUT2D eigenvalue weighted by molar-refractivity contribution is 0.252. The molecule has 0 atom stereocenters. The first-order valence-corrected chi connectivity index (χ1v) is 7.52. The van der Waals surface area contributed by atoms with E-state index in [1.807, 2.05) is 19.1 Å². The van der Waals surface area contributed by atoms with E-state index in [2.05, 4.69) is 45.3 Å². The third kappa shape index (κ3) is 3.14. The molecule has 0 saturated heterocycles. The first kappa shape index (κ1) is 15.7. The standard InChI is InChI=1S/C17H26N2O2/c1-7-18-15(20)19-11-8-12(16(2,3)4)14-13(9-11)17(5,6)10-21-14/h8-9H,7,10H2,1-6H3,(H2,18,19,20). The molecule has 1 aliphatic rings. The second-order valence-corrected chi connectivity index (χ2v) is 7.31. The summed E-state index contributed by atoms with van der Waals surface area (Å²) in [4.78, 5) is 11.8. The summed E-state index contributed by atoms with van der Waals surface area (Å²) in [5.74, 6) is 0.981. The first-order chi connectivity index (χ1) is 9.65. The van der Waals surface area contributed by atoms with Gasteiger partial charge >= 0.3 is 6.03 Å². The number of carbonyl (C=O) groups excluding carboxylic acids is 1. The molecule has 116 valence electrons. The molecule has 21 heavy (non-hydrogen) atoms. The van der Waals surface area contributed by atoms with Gasteiger partial charge in [0.25, 0.3) is 0 Å². The van der Waals surface area contributed by atoms with Crippen LogP contribution >= 0.6 is 0 Å². The maximum Gasteiger partial charge on any atom is 0.319 e. The highest BCUT2D eigenvalue weighted by atomic mass is 16.5. The smallest absolute Gasteiger partial charge is 0.319 e. The highest BCUT2D eigenvalue weighted by molar-refractivity contribution is 5.89. The number of amides is 2. The van der Waals surface area contributed by atoms with Crippen LogP contribution < -0.4 is 15.4 Å². The van der Waals surface area contributed by atoms with E-state index in [9.17, 15) is 4.79 Å². The predicted molar refractivity (Wildman–Crippen MR) is 86.4 cm³/mol. The van der Waals surface area contributed by atoms with Crippen molar-refractivity contribution in [2.75, 3.05) is 18.5 Å². The molecule has 2 N–H and O–H groups in total. The van der Waals surface area contributed by atoms with Crippen molar-refractivity contribution in [2.24, 2.45) is 0 Å². The van der Waals surface area contributed by atoms with Gasteiger partial charge < -0.3 is 15.4 Å². The van der Waals surface area contributed by atoms with Crippen molar-refractivity contribution < 1.29 is 9.53 Å². The maximum absolute atomic E-state index is 11.8. The van der Waals surface area contributed by atoms with Crippen molar-refractivity contribution in [2.45, 2.75) is 52.4 Å². The molecular formula is C17H26N2O2. The number of hydrogen-bond acceptors (Lipinski definition) is 2. The number of anilines is 1. The topological polar surface area (TPSA) is 50.4 Å². The molecule has 0 aliphatic carbocycles. The molecule has 4 nitrogen and oxygen atoms in total. The van der Waals surface area contributed by atoms with Crippen molar-refractivity contribution in [3.63, 3.8) is 0 Å². The summed E-state index contributed by atoms with van der Waals surface area (Å²) < 4.78 is 5.95. The van der Waals surface area contributed by atoms with Gasteiger partial charge in [0.05, 0.1) is 6.61 Å². The van der Waals surface area contributed by atoms with Crippen LogP contribution in [0, 0.1) is 0 Å². The Morgan fingerprint density at radius 2 is 2.00 bits per heavy atom. The number of nitrogens with one attached hydrogen (secondary N) is 2. The lowest BCUT2D eigenvalue weighted by Gasteiger charge is -2.24. The van der Waals surface area contributed by atoms with Gasteiger partial charge in [0, 0.05) is 28.8 Å². The Bertz CT molecular complexity index is 557. The quantitative estimate of drug-likeness (QED) is 0.870. The van der Waals surface area contributed by atoms with E-state index in [1.165, 1.54) is 5.56 Å². The number of rotatable bonds is 2. The van der Waals surface area contributed by atoms with E-state index in [0.29, 0.717) is 13.2 Å². The molecule has 0 spiro atoms. The SMILES string of the molecule is CCNC(=O)Nc1cc(C(C)(C)C)c2c(c1)C(C)(C)CO2. The third-order valence-electron chi connectivity index (χ3n) is 3.80. The fraction of sp³-hybridized carbons (Fsp3) is 0.588. The summed E-state index contributed by atoms with van der Waals surface area (Å²) in [5, 5.41) is 5.68. The van der Waals surface area contributed by atoms with Crippen LogP contribution in [0.4, 0.5) is 10.5 Å². The van der Waals surface area contributed by atoms with Gasteiger partial charge in [-0.3, -0.25) is 0 Å². The predicted octanol–water partition coefficient (Wildman–Crippen LogP) is 3.80. The number of ether oxygens (including phenoxy) is 1. The summed E-state index contributed by atoms with van der Waals surface area (Å²) in [7, 11) is 0. The molecule has 0 unspecified atom stereocenters. The van der Waals surface area contributed by atoms with Crippen LogP contribution in [0.15, 0.2) is 12.1 Å². The zero-order valence-electron chi connectivity index (χ0n) is 13.9. The average Bonchev–Trinajstić information content (AvgIpc) is 2.64. The van der Waals surface area contributed by atoms with E-state index < -0.39 is 0 Å². The molecule has 0 bridgehead atoms. The van der Waals surface area contributed by atoms with Crippen molar-refractivity contribution in [1.29, 1.82) is 0 Å².